The van der Waals surface area contributed by atoms with E-state index < -0.39 is 29.2 Å². The molecular formula is C11H7F4N3O. The van der Waals surface area contributed by atoms with Crippen LogP contribution in [-0.2, 0) is 6.18 Å². The van der Waals surface area contributed by atoms with Gasteiger partial charge in [0.15, 0.2) is 0 Å². The first-order chi connectivity index (χ1) is 8.88. The first kappa shape index (κ1) is 13.1. The Kier molecular flexibility index (Phi) is 3.24. The number of aromatic nitrogens is 2. The lowest BCUT2D eigenvalue weighted by Gasteiger charge is -2.10. The monoisotopic (exact) mass is 273 g/mol. The summed E-state index contributed by atoms with van der Waals surface area (Å²) in [5.74, 6) is -1.77. The summed E-state index contributed by atoms with van der Waals surface area (Å²) in [5, 5.41) is 7.92. The van der Waals surface area contributed by atoms with Gasteiger partial charge in [0.05, 0.1) is 11.3 Å². The molecular weight excluding hydrogens is 266 g/mol. The molecule has 1 heterocycles. The van der Waals surface area contributed by atoms with Crippen LogP contribution in [0.2, 0.25) is 0 Å². The molecule has 8 heteroatoms. The fourth-order valence-electron chi connectivity index (χ4n) is 1.37. The highest BCUT2D eigenvalue weighted by Gasteiger charge is 2.31. The second-order valence-corrected chi connectivity index (χ2v) is 3.61. The highest BCUT2D eigenvalue weighted by Crippen LogP contribution is 2.31. The van der Waals surface area contributed by atoms with Crippen molar-refractivity contribution >= 4 is 11.6 Å². The minimum atomic E-state index is -4.61. The van der Waals surface area contributed by atoms with Gasteiger partial charge in [-0.3, -0.25) is 9.89 Å². The molecule has 19 heavy (non-hydrogen) atoms. The van der Waals surface area contributed by atoms with Crippen molar-refractivity contribution < 1.29 is 22.4 Å². The molecule has 0 bridgehead atoms. The number of amides is 1. The predicted molar refractivity (Wildman–Crippen MR) is 57.9 cm³/mol. The van der Waals surface area contributed by atoms with Crippen molar-refractivity contribution in [3.05, 3.63) is 47.5 Å². The minimum Gasteiger partial charge on any atom is -0.318 e. The van der Waals surface area contributed by atoms with E-state index >= 15 is 0 Å². The Labute approximate surface area is 104 Å². The van der Waals surface area contributed by atoms with Gasteiger partial charge >= 0.3 is 6.18 Å². The third-order valence-corrected chi connectivity index (χ3v) is 2.28. The average molecular weight is 273 g/mol. The molecule has 2 rings (SSSR count). The summed E-state index contributed by atoms with van der Waals surface area (Å²) in [5.41, 5.74) is -1.66. The van der Waals surface area contributed by atoms with Crippen LogP contribution >= 0.6 is 0 Å². The molecule has 2 aromatic rings. The van der Waals surface area contributed by atoms with Crippen molar-refractivity contribution in [1.82, 2.24) is 10.2 Å². The van der Waals surface area contributed by atoms with E-state index in [4.69, 9.17) is 0 Å². The van der Waals surface area contributed by atoms with E-state index in [1.165, 1.54) is 12.3 Å². The standard InChI is InChI=1S/C11H7F4N3O/c12-7-2-1-6(11(13,14)15)5-9(7)17-10(19)8-3-4-16-18-8/h1-5H,(H,16,18)(H,17,19). The van der Waals surface area contributed by atoms with Gasteiger partial charge in [-0.15, -0.1) is 0 Å². The van der Waals surface area contributed by atoms with Crippen molar-refractivity contribution in [2.24, 2.45) is 0 Å². The summed E-state index contributed by atoms with van der Waals surface area (Å²) in [6.45, 7) is 0. The predicted octanol–water partition coefficient (Wildman–Crippen LogP) is 2.82. The highest BCUT2D eigenvalue weighted by atomic mass is 19.4. The van der Waals surface area contributed by atoms with Crippen LogP contribution in [0.3, 0.4) is 0 Å². The molecule has 0 atom stereocenters. The number of aromatic amines is 1. The van der Waals surface area contributed by atoms with Gasteiger partial charge in [-0.05, 0) is 24.3 Å². The normalized spacial score (nSPS) is 11.4. The van der Waals surface area contributed by atoms with Gasteiger partial charge in [-0.1, -0.05) is 0 Å². The molecule has 0 aliphatic rings. The summed E-state index contributed by atoms with van der Waals surface area (Å²) in [6.07, 6.45) is -3.25. The molecule has 2 N–H and O–H groups in total. The fourth-order valence-corrected chi connectivity index (χ4v) is 1.37. The van der Waals surface area contributed by atoms with Crippen molar-refractivity contribution in [3.63, 3.8) is 0 Å². The molecule has 100 valence electrons. The van der Waals surface area contributed by atoms with E-state index in [2.05, 4.69) is 10.2 Å². The zero-order valence-electron chi connectivity index (χ0n) is 9.25. The number of carbonyl (C=O) groups excluding carboxylic acids is 1. The lowest BCUT2D eigenvalue weighted by atomic mass is 10.2. The van der Waals surface area contributed by atoms with Gasteiger partial charge in [0, 0.05) is 6.20 Å². The first-order valence-corrected chi connectivity index (χ1v) is 5.06. The van der Waals surface area contributed by atoms with Crippen LogP contribution < -0.4 is 5.32 Å². The number of hydrogen-bond acceptors (Lipinski definition) is 2. The zero-order valence-corrected chi connectivity index (χ0v) is 9.25. The number of rotatable bonds is 2. The van der Waals surface area contributed by atoms with Crippen LogP contribution in [0.15, 0.2) is 30.5 Å². The van der Waals surface area contributed by atoms with E-state index in [0.29, 0.717) is 18.2 Å². The Morgan fingerprint density at radius 1 is 1.26 bits per heavy atom. The van der Waals surface area contributed by atoms with Gasteiger partial charge in [-0.2, -0.15) is 18.3 Å². The van der Waals surface area contributed by atoms with Gasteiger partial charge in [-0.25, -0.2) is 4.39 Å². The number of halogens is 4. The molecule has 1 aromatic carbocycles. The number of benzene rings is 1. The average Bonchev–Trinajstić information content (AvgIpc) is 2.84. The van der Waals surface area contributed by atoms with Crippen LogP contribution in [-0.4, -0.2) is 16.1 Å². The first-order valence-electron chi connectivity index (χ1n) is 5.06. The van der Waals surface area contributed by atoms with Crippen LogP contribution in [0.5, 0.6) is 0 Å². The van der Waals surface area contributed by atoms with Gasteiger partial charge in [0.1, 0.15) is 11.5 Å². The Morgan fingerprint density at radius 3 is 2.58 bits per heavy atom. The molecule has 4 nitrogen and oxygen atoms in total. The number of nitrogens with one attached hydrogen (secondary N) is 2. The second-order valence-electron chi connectivity index (χ2n) is 3.61. The lowest BCUT2D eigenvalue weighted by molar-refractivity contribution is -0.137. The van der Waals surface area contributed by atoms with Crippen molar-refractivity contribution in [2.45, 2.75) is 6.18 Å². The van der Waals surface area contributed by atoms with Crippen molar-refractivity contribution in [1.29, 1.82) is 0 Å². The Morgan fingerprint density at radius 2 is 2.00 bits per heavy atom. The maximum absolute atomic E-state index is 13.3. The fraction of sp³-hybridized carbons (Fsp3) is 0.0909. The number of H-pyrrole nitrogens is 1. The molecule has 0 spiro atoms. The topological polar surface area (TPSA) is 57.8 Å². The maximum atomic E-state index is 13.3. The number of carbonyl (C=O) groups is 1. The molecule has 0 aliphatic carbocycles. The number of alkyl halides is 3. The summed E-state index contributed by atoms with van der Waals surface area (Å²) in [4.78, 5) is 11.5. The van der Waals surface area contributed by atoms with Crippen LogP contribution in [0.4, 0.5) is 23.2 Å². The van der Waals surface area contributed by atoms with E-state index in [1.807, 2.05) is 5.32 Å². The summed E-state index contributed by atoms with van der Waals surface area (Å²) >= 11 is 0. The third kappa shape index (κ3) is 2.90. The molecule has 0 unspecified atom stereocenters. The SMILES string of the molecule is O=C(Nc1cc(C(F)(F)F)ccc1F)c1cc[nH]n1. The minimum absolute atomic E-state index is 0.0585. The van der Waals surface area contributed by atoms with E-state index in [-0.39, 0.29) is 5.69 Å². The molecule has 1 amide bonds. The number of anilines is 1. The van der Waals surface area contributed by atoms with Crippen LogP contribution in [0.25, 0.3) is 0 Å². The Balaban J connectivity index is 2.27. The number of nitrogens with zero attached hydrogens (tertiary/aromatic N) is 1. The second kappa shape index (κ2) is 4.71. The highest BCUT2D eigenvalue weighted by molar-refractivity contribution is 6.02. The summed E-state index contributed by atoms with van der Waals surface area (Å²) in [7, 11) is 0. The van der Waals surface area contributed by atoms with Gasteiger partial charge < -0.3 is 5.32 Å². The lowest BCUT2D eigenvalue weighted by Crippen LogP contribution is -2.15. The number of hydrogen-bond donors (Lipinski definition) is 2. The third-order valence-electron chi connectivity index (χ3n) is 2.28. The quantitative estimate of drug-likeness (QED) is 0.826. The zero-order chi connectivity index (χ0) is 14.0. The maximum Gasteiger partial charge on any atom is 0.416 e. The molecule has 0 radical (unpaired) electrons. The molecule has 0 fully saturated rings. The smallest absolute Gasteiger partial charge is 0.318 e. The van der Waals surface area contributed by atoms with Crippen molar-refractivity contribution in [2.75, 3.05) is 5.32 Å². The van der Waals surface area contributed by atoms with E-state index in [9.17, 15) is 22.4 Å². The van der Waals surface area contributed by atoms with Gasteiger partial charge in [0.25, 0.3) is 5.91 Å². The summed E-state index contributed by atoms with van der Waals surface area (Å²) in [6, 6.07) is 3.07. The van der Waals surface area contributed by atoms with E-state index in [0.717, 1.165) is 0 Å². The Bertz CT molecular complexity index is 592. The molecule has 0 saturated carbocycles. The van der Waals surface area contributed by atoms with Crippen LogP contribution in [0, 0.1) is 5.82 Å². The Hall–Kier alpha value is -2.38. The van der Waals surface area contributed by atoms with Crippen molar-refractivity contribution in [3.8, 4) is 0 Å². The largest absolute Gasteiger partial charge is 0.416 e. The summed E-state index contributed by atoms with van der Waals surface area (Å²) < 4.78 is 50.7. The van der Waals surface area contributed by atoms with Crippen LogP contribution in [0.1, 0.15) is 16.1 Å². The molecule has 0 aliphatic heterocycles. The van der Waals surface area contributed by atoms with E-state index in [1.54, 1.807) is 0 Å². The molecule has 0 saturated heterocycles. The molecule has 1 aromatic heterocycles. The van der Waals surface area contributed by atoms with Gasteiger partial charge in [0.2, 0.25) is 0 Å².